The van der Waals surface area contributed by atoms with E-state index < -0.39 is 4.92 Å². The molecule has 0 aliphatic heterocycles. The standard InChI is InChI=1S/C11H16N4O3/c1-3-14(4-2)11(16)8-5-6-9(13-12)10(7-8)15(17)18/h5-7,13H,3-4,12H2,1-2H3. The predicted octanol–water partition coefficient (Wildman–Crippen LogP) is 1.36. The molecule has 18 heavy (non-hydrogen) atoms. The molecular formula is C11H16N4O3. The largest absolute Gasteiger partial charge is 0.339 e. The molecule has 0 heterocycles. The average Bonchev–Trinajstić information content (AvgIpc) is 2.39. The van der Waals surface area contributed by atoms with E-state index in [9.17, 15) is 14.9 Å². The molecule has 1 rings (SSSR count). The molecule has 0 bridgehead atoms. The van der Waals surface area contributed by atoms with E-state index in [1.165, 1.54) is 18.2 Å². The Morgan fingerprint density at radius 2 is 2.06 bits per heavy atom. The molecule has 1 aromatic carbocycles. The van der Waals surface area contributed by atoms with Crippen molar-refractivity contribution in [3.63, 3.8) is 0 Å². The summed E-state index contributed by atoms with van der Waals surface area (Å²) in [6.07, 6.45) is 0. The summed E-state index contributed by atoms with van der Waals surface area (Å²) in [7, 11) is 0. The topological polar surface area (TPSA) is 102 Å². The Labute approximate surface area is 105 Å². The fourth-order valence-corrected chi connectivity index (χ4v) is 1.63. The average molecular weight is 252 g/mol. The second-order valence-corrected chi connectivity index (χ2v) is 3.61. The number of nitrogens with two attached hydrogens (primary N) is 1. The first kappa shape index (κ1) is 13.9. The number of nitro benzene ring substituents is 1. The maximum Gasteiger partial charge on any atom is 0.294 e. The molecule has 7 heteroatoms. The van der Waals surface area contributed by atoms with Crippen LogP contribution in [0.5, 0.6) is 0 Å². The lowest BCUT2D eigenvalue weighted by molar-refractivity contribution is -0.384. The quantitative estimate of drug-likeness (QED) is 0.468. The Hall–Kier alpha value is -2.15. The highest BCUT2D eigenvalue weighted by Gasteiger charge is 2.19. The van der Waals surface area contributed by atoms with Gasteiger partial charge < -0.3 is 10.3 Å². The molecule has 3 N–H and O–H groups in total. The summed E-state index contributed by atoms with van der Waals surface area (Å²) in [6, 6.07) is 4.17. The van der Waals surface area contributed by atoms with Crippen LogP contribution < -0.4 is 11.3 Å². The third-order valence-corrected chi connectivity index (χ3v) is 2.65. The number of nitrogens with zero attached hydrogens (tertiary/aromatic N) is 2. The minimum Gasteiger partial charge on any atom is -0.339 e. The first-order valence-corrected chi connectivity index (χ1v) is 5.59. The van der Waals surface area contributed by atoms with Crippen LogP contribution in [-0.4, -0.2) is 28.8 Å². The van der Waals surface area contributed by atoms with Crippen LogP contribution >= 0.6 is 0 Å². The van der Waals surface area contributed by atoms with E-state index in [1.807, 2.05) is 13.8 Å². The second kappa shape index (κ2) is 5.97. The Morgan fingerprint density at radius 3 is 2.50 bits per heavy atom. The summed E-state index contributed by atoms with van der Waals surface area (Å²) < 4.78 is 0. The molecule has 0 aromatic heterocycles. The highest BCUT2D eigenvalue weighted by molar-refractivity contribution is 5.95. The summed E-state index contributed by atoms with van der Waals surface area (Å²) in [5, 5.41) is 10.8. The van der Waals surface area contributed by atoms with Gasteiger partial charge in [-0.1, -0.05) is 0 Å². The molecule has 0 unspecified atom stereocenters. The normalized spacial score (nSPS) is 9.94. The number of nitro groups is 1. The van der Waals surface area contributed by atoms with Crippen molar-refractivity contribution in [1.82, 2.24) is 4.90 Å². The maximum absolute atomic E-state index is 12.0. The smallest absolute Gasteiger partial charge is 0.294 e. The Morgan fingerprint density at radius 1 is 1.44 bits per heavy atom. The van der Waals surface area contributed by atoms with E-state index >= 15 is 0 Å². The van der Waals surface area contributed by atoms with Crippen molar-refractivity contribution < 1.29 is 9.72 Å². The number of carbonyl (C=O) groups is 1. The summed E-state index contributed by atoms with van der Waals surface area (Å²) in [6.45, 7) is 4.82. The summed E-state index contributed by atoms with van der Waals surface area (Å²) >= 11 is 0. The van der Waals surface area contributed by atoms with Gasteiger partial charge in [0, 0.05) is 24.7 Å². The molecule has 0 saturated heterocycles. The molecule has 98 valence electrons. The highest BCUT2D eigenvalue weighted by Crippen LogP contribution is 2.25. The minimum atomic E-state index is -0.575. The van der Waals surface area contributed by atoms with Gasteiger partial charge in [-0.05, 0) is 26.0 Å². The first-order valence-electron chi connectivity index (χ1n) is 5.59. The van der Waals surface area contributed by atoms with Gasteiger partial charge in [0.15, 0.2) is 0 Å². The van der Waals surface area contributed by atoms with Gasteiger partial charge in [0.25, 0.3) is 11.6 Å². The van der Waals surface area contributed by atoms with Gasteiger partial charge in [-0.3, -0.25) is 20.8 Å². The van der Waals surface area contributed by atoms with E-state index in [-0.39, 0.29) is 22.8 Å². The Balaban J connectivity index is 3.15. The summed E-state index contributed by atoms with van der Waals surface area (Å²) in [5.74, 6) is 4.95. The third-order valence-electron chi connectivity index (χ3n) is 2.65. The zero-order valence-electron chi connectivity index (χ0n) is 10.3. The Bertz CT molecular complexity index is 458. The van der Waals surface area contributed by atoms with E-state index in [2.05, 4.69) is 5.43 Å². The number of hydrogen-bond donors (Lipinski definition) is 2. The van der Waals surface area contributed by atoms with Crippen LogP contribution in [0.25, 0.3) is 0 Å². The van der Waals surface area contributed by atoms with Crippen LogP contribution in [0, 0.1) is 10.1 Å². The lowest BCUT2D eigenvalue weighted by atomic mass is 10.1. The van der Waals surface area contributed by atoms with E-state index in [0.717, 1.165) is 0 Å². The van der Waals surface area contributed by atoms with Crippen LogP contribution in [-0.2, 0) is 0 Å². The number of nitrogen functional groups attached to an aromatic ring is 1. The number of rotatable bonds is 5. The molecule has 0 saturated carbocycles. The number of amides is 1. The van der Waals surface area contributed by atoms with Crippen molar-refractivity contribution in [2.45, 2.75) is 13.8 Å². The van der Waals surface area contributed by atoms with Gasteiger partial charge in [-0.15, -0.1) is 0 Å². The molecule has 0 aliphatic rings. The number of nitrogens with one attached hydrogen (secondary N) is 1. The zero-order valence-corrected chi connectivity index (χ0v) is 10.3. The molecular weight excluding hydrogens is 236 g/mol. The zero-order chi connectivity index (χ0) is 13.7. The fraction of sp³-hybridized carbons (Fsp3) is 0.364. The van der Waals surface area contributed by atoms with Crippen LogP contribution in [0.3, 0.4) is 0 Å². The van der Waals surface area contributed by atoms with Gasteiger partial charge in [-0.25, -0.2) is 0 Å². The van der Waals surface area contributed by atoms with Crippen LogP contribution in [0.4, 0.5) is 11.4 Å². The van der Waals surface area contributed by atoms with Crippen molar-refractivity contribution in [2.24, 2.45) is 5.84 Å². The summed E-state index contributed by atoms with van der Waals surface area (Å²) in [4.78, 5) is 23.9. The summed E-state index contributed by atoms with van der Waals surface area (Å²) in [5.41, 5.74) is 2.48. The molecule has 7 nitrogen and oxygen atoms in total. The van der Waals surface area contributed by atoms with Crippen molar-refractivity contribution in [3.05, 3.63) is 33.9 Å². The van der Waals surface area contributed by atoms with E-state index in [1.54, 1.807) is 4.90 Å². The molecule has 0 radical (unpaired) electrons. The van der Waals surface area contributed by atoms with E-state index in [0.29, 0.717) is 13.1 Å². The van der Waals surface area contributed by atoms with Crippen molar-refractivity contribution in [2.75, 3.05) is 18.5 Å². The number of hydrogen-bond acceptors (Lipinski definition) is 5. The molecule has 1 aromatic rings. The highest BCUT2D eigenvalue weighted by atomic mass is 16.6. The fourth-order valence-electron chi connectivity index (χ4n) is 1.63. The number of carbonyl (C=O) groups excluding carboxylic acids is 1. The van der Waals surface area contributed by atoms with Crippen molar-refractivity contribution in [1.29, 1.82) is 0 Å². The van der Waals surface area contributed by atoms with Crippen molar-refractivity contribution in [3.8, 4) is 0 Å². The van der Waals surface area contributed by atoms with Crippen LogP contribution in [0.15, 0.2) is 18.2 Å². The minimum absolute atomic E-state index is 0.177. The molecule has 0 fully saturated rings. The first-order chi connectivity index (χ1) is 8.54. The monoisotopic (exact) mass is 252 g/mol. The Kier molecular flexibility index (Phi) is 4.61. The molecule has 0 aliphatic carbocycles. The second-order valence-electron chi connectivity index (χ2n) is 3.61. The molecule has 0 atom stereocenters. The van der Waals surface area contributed by atoms with Gasteiger partial charge >= 0.3 is 0 Å². The van der Waals surface area contributed by atoms with Gasteiger partial charge in [0.2, 0.25) is 0 Å². The SMILES string of the molecule is CCN(CC)C(=O)c1ccc(NN)c([N+](=O)[O-])c1. The van der Waals surface area contributed by atoms with E-state index in [4.69, 9.17) is 5.84 Å². The lowest BCUT2D eigenvalue weighted by Gasteiger charge is -2.18. The van der Waals surface area contributed by atoms with Crippen LogP contribution in [0.2, 0.25) is 0 Å². The molecule has 0 spiro atoms. The number of benzene rings is 1. The third kappa shape index (κ3) is 2.75. The predicted molar refractivity (Wildman–Crippen MR) is 68.2 cm³/mol. The van der Waals surface area contributed by atoms with Crippen molar-refractivity contribution >= 4 is 17.3 Å². The maximum atomic E-state index is 12.0. The van der Waals surface area contributed by atoms with Gasteiger partial charge in [0.1, 0.15) is 5.69 Å². The number of anilines is 1. The number of hydrazine groups is 1. The van der Waals surface area contributed by atoms with Gasteiger partial charge in [0.05, 0.1) is 4.92 Å². The lowest BCUT2D eigenvalue weighted by Crippen LogP contribution is -2.30. The molecule has 1 amide bonds. The van der Waals surface area contributed by atoms with Gasteiger partial charge in [-0.2, -0.15) is 0 Å². The van der Waals surface area contributed by atoms with Crippen LogP contribution in [0.1, 0.15) is 24.2 Å².